The molecule has 0 saturated heterocycles. The number of ether oxygens (including phenoxy) is 1. The molecule has 0 spiro atoms. The van der Waals surface area contributed by atoms with Crippen LogP contribution in [0, 0.1) is 0 Å². The molecular weight excluding hydrogens is 252 g/mol. The second kappa shape index (κ2) is 6.10. The Balaban J connectivity index is 2.18. The minimum atomic E-state index is -0.0959. The third-order valence-electron chi connectivity index (χ3n) is 2.97. The fourth-order valence-electron chi connectivity index (χ4n) is 1.92. The van der Waals surface area contributed by atoms with E-state index in [4.69, 9.17) is 10.5 Å². The van der Waals surface area contributed by atoms with Crippen molar-refractivity contribution in [3.8, 4) is 5.75 Å². The number of carbonyl (C=O) groups is 1. The van der Waals surface area contributed by atoms with Gasteiger partial charge >= 0.3 is 0 Å². The van der Waals surface area contributed by atoms with Crippen molar-refractivity contribution in [1.29, 1.82) is 0 Å². The molecule has 0 aliphatic heterocycles. The number of amides is 1. The van der Waals surface area contributed by atoms with Crippen molar-refractivity contribution in [3.63, 3.8) is 0 Å². The maximum Gasteiger partial charge on any atom is 0.258 e. The van der Waals surface area contributed by atoms with Crippen molar-refractivity contribution in [2.24, 2.45) is 0 Å². The molecule has 2 aromatic rings. The van der Waals surface area contributed by atoms with Gasteiger partial charge in [-0.1, -0.05) is 6.07 Å². The second-order valence-corrected chi connectivity index (χ2v) is 4.42. The van der Waals surface area contributed by atoms with E-state index < -0.39 is 0 Å². The number of benzene rings is 2. The van der Waals surface area contributed by atoms with Crippen molar-refractivity contribution in [3.05, 3.63) is 54.1 Å². The SMILES string of the molecule is CCOc1ccc(N(C)C(=O)c2cccc(N)c2)cc1. The third kappa shape index (κ3) is 3.09. The normalized spacial score (nSPS) is 10.1. The summed E-state index contributed by atoms with van der Waals surface area (Å²) in [5, 5.41) is 0. The monoisotopic (exact) mass is 270 g/mol. The van der Waals surface area contributed by atoms with Gasteiger partial charge in [-0.05, 0) is 49.4 Å². The highest BCUT2D eigenvalue weighted by Gasteiger charge is 2.13. The molecule has 0 heterocycles. The van der Waals surface area contributed by atoms with Gasteiger partial charge in [0.25, 0.3) is 5.91 Å². The zero-order valence-electron chi connectivity index (χ0n) is 11.7. The van der Waals surface area contributed by atoms with Crippen molar-refractivity contribution in [2.45, 2.75) is 6.92 Å². The molecule has 1 amide bonds. The van der Waals surface area contributed by atoms with Crippen LogP contribution in [0.15, 0.2) is 48.5 Å². The largest absolute Gasteiger partial charge is 0.494 e. The highest BCUT2D eigenvalue weighted by Crippen LogP contribution is 2.20. The summed E-state index contributed by atoms with van der Waals surface area (Å²) < 4.78 is 5.38. The average molecular weight is 270 g/mol. The molecule has 0 unspecified atom stereocenters. The van der Waals surface area contributed by atoms with Crippen molar-refractivity contribution >= 4 is 17.3 Å². The Morgan fingerprint density at radius 3 is 2.50 bits per heavy atom. The van der Waals surface area contributed by atoms with Gasteiger partial charge in [0, 0.05) is 24.0 Å². The molecule has 0 aromatic heterocycles. The highest BCUT2D eigenvalue weighted by molar-refractivity contribution is 6.06. The second-order valence-electron chi connectivity index (χ2n) is 4.42. The minimum Gasteiger partial charge on any atom is -0.494 e. The van der Waals surface area contributed by atoms with E-state index in [1.54, 1.807) is 36.2 Å². The van der Waals surface area contributed by atoms with E-state index in [2.05, 4.69) is 0 Å². The first-order chi connectivity index (χ1) is 9.61. The number of carbonyl (C=O) groups excluding carboxylic acids is 1. The van der Waals surface area contributed by atoms with E-state index in [0.717, 1.165) is 11.4 Å². The third-order valence-corrected chi connectivity index (χ3v) is 2.97. The maximum absolute atomic E-state index is 12.3. The molecule has 2 aromatic carbocycles. The van der Waals surface area contributed by atoms with E-state index in [-0.39, 0.29) is 5.91 Å². The lowest BCUT2D eigenvalue weighted by molar-refractivity contribution is 0.0993. The molecule has 0 bridgehead atoms. The summed E-state index contributed by atoms with van der Waals surface area (Å²) in [4.78, 5) is 13.9. The van der Waals surface area contributed by atoms with Gasteiger partial charge in [0.05, 0.1) is 6.61 Å². The van der Waals surface area contributed by atoms with Crippen LogP contribution in [0.5, 0.6) is 5.75 Å². The van der Waals surface area contributed by atoms with Gasteiger partial charge in [0.15, 0.2) is 0 Å². The number of anilines is 2. The van der Waals surface area contributed by atoms with Gasteiger partial charge in [-0.3, -0.25) is 4.79 Å². The van der Waals surface area contributed by atoms with E-state index >= 15 is 0 Å². The molecule has 0 aliphatic carbocycles. The number of hydrogen-bond acceptors (Lipinski definition) is 3. The molecule has 20 heavy (non-hydrogen) atoms. The first-order valence-electron chi connectivity index (χ1n) is 6.48. The summed E-state index contributed by atoms with van der Waals surface area (Å²) in [5.41, 5.74) is 7.66. The fraction of sp³-hybridized carbons (Fsp3) is 0.188. The summed E-state index contributed by atoms with van der Waals surface area (Å²) in [6.07, 6.45) is 0. The molecule has 4 nitrogen and oxygen atoms in total. The van der Waals surface area contributed by atoms with E-state index in [9.17, 15) is 4.79 Å². The van der Waals surface area contributed by atoms with Crippen LogP contribution in [0.4, 0.5) is 11.4 Å². The van der Waals surface area contributed by atoms with Crippen LogP contribution in [-0.2, 0) is 0 Å². The first kappa shape index (κ1) is 13.9. The zero-order valence-corrected chi connectivity index (χ0v) is 11.7. The molecule has 0 aliphatic rings. The fourth-order valence-corrected chi connectivity index (χ4v) is 1.92. The van der Waals surface area contributed by atoms with Gasteiger partial charge in [-0.25, -0.2) is 0 Å². The Bertz CT molecular complexity index is 594. The Labute approximate surface area is 118 Å². The van der Waals surface area contributed by atoms with Gasteiger partial charge in [0.1, 0.15) is 5.75 Å². The zero-order chi connectivity index (χ0) is 14.5. The van der Waals surface area contributed by atoms with E-state index in [1.165, 1.54) is 0 Å². The predicted octanol–water partition coefficient (Wildman–Crippen LogP) is 2.94. The summed E-state index contributed by atoms with van der Waals surface area (Å²) in [6, 6.07) is 14.4. The molecule has 0 radical (unpaired) electrons. The molecule has 4 heteroatoms. The quantitative estimate of drug-likeness (QED) is 0.869. The molecule has 2 rings (SSSR count). The smallest absolute Gasteiger partial charge is 0.258 e. The Hall–Kier alpha value is -2.49. The maximum atomic E-state index is 12.3. The summed E-state index contributed by atoms with van der Waals surface area (Å²) >= 11 is 0. The van der Waals surface area contributed by atoms with Crippen LogP contribution in [0.1, 0.15) is 17.3 Å². The van der Waals surface area contributed by atoms with Crippen LogP contribution < -0.4 is 15.4 Å². The lowest BCUT2D eigenvalue weighted by Crippen LogP contribution is -2.26. The van der Waals surface area contributed by atoms with Crippen LogP contribution in [0.25, 0.3) is 0 Å². The van der Waals surface area contributed by atoms with E-state index in [0.29, 0.717) is 17.9 Å². The highest BCUT2D eigenvalue weighted by atomic mass is 16.5. The number of nitrogen functional groups attached to an aromatic ring is 1. The van der Waals surface area contributed by atoms with Gasteiger partial charge < -0.3 is 15.4 Å². The average Bonchev–Trinajstić information content (AvgIpc) is 2.47. The topological polar surface area (TPSA) is 55.6 Å². The molecule has 2 N–H and O–H groups in total. The summed E-state index contributed by atoms with van der Waals surface area (Å²) in [6.45, 7) is 2.56. The number of hydrogen-bond donors (Lipinski definition) is 1. The number of nitrogens with two attached hydrogens (primary N) is 1. The van der Waals surface area contributed by atoms with E-state index in [1.807, 2.05) is 31.2 Å². The molecule has 0 atom stereocenters. The summed E-state index contributed by atoms with van der Waals surface area (Å²) in [7, 11) is 1.74. The molecule has 104 valence electrons. The van der Waals surface area contributed by atoms with Gasteiger partial charge in [-0.15, -0.1) is 0 Å². The molecule has 0 saturated carbocycles. The van der Waals surface area contributed by atoms with Gasteiger partial charge in [-0.2, -0.15) is 0 Å². The van der Waals surface area contributed by atoms with Crippen molar-refractivity contribution < 1.29 is 9.53 Å². The lowest BCUT2D eigenvalue weighted by Gasteiger charge is -2.18. The molecule has 0 fully saturated rings. The standard InChI is InChI=1S/C16H18N2O2/c1-3-20-15-9-7-14(8-10-15)18(2)16(19)12-5-4-6-13(17)11-12/h4-11H,3,17H2,1-2H3. The number of nitrogens with zero attached hydrogens (tertiary/aromatic N) is 1. The Kier molecular flexibility index (Phi) is 4.25. The Morgan fingerprint density at radius 2 is 1.90 bits per heavy atom. The minimum absolute atomic E-state index is 0.0959. The lowest BCUT2D eigenvalue weighted by atomic mass is 10.1. The van der Waals surface area contributed by atoms with Crippen molar-refractivity contribution in [2.75, 3.05) is 24.3 Å². The summed E-state index contributed by atoms with van der Waals surface area (Å²) in [5.74, 6) is 0.697. The van der Waals surface area contributed by atoms with Crippen LogP contribution in [0.3, 0.4) is 0 Å². The van der Waals surface area contributed by atoms with Crippen molar-refractivity contribution in [1.82, 2.24) is 0 Å². The van der Waals surface area contributed by atoms with Crippen LogP contribution >= 0.6 is 0 Å². The van der Waals surface area contributed by atoms with Crippen LogP contribution in [-0.4, -0.2) is 19.6 Å². The predicted molar refractivity (Wildman–Crippen MR) is 81.2 cm³/mol. The van der Waals surface area contributed by atoms with Crippen LogP contribution in [0.2, 0.25) is 0 Å². The number of rotatable bonds is 4. The van der Waals surface area contributed by atoms with Gasteiger partial charge in [0.2, 0.25) is 0 Å². The Morgan fingerprint density at radius 1 is 1.20 bits per heavy atom. The first-order valence-corrected chi connectivity index (χ1v) is 6.48. The molecular formula is C16H18N2O2.